The lowest BCUT2D eigenvalue weighted by Gasteiger charge is -2.71. The molecule has 2 N–H and O–H groups in total. The van der Waals surface area contributed by atoms with E-state index in [4.69, 9.17) is 9.84 Å². The van der Waals surface area contributed by atoms with Crippen molar-refractivity contribution in [3.8, 4) is 0 Å². The predicted molar refractivity (Wildman–Crippen MR) is 402 cm³/mol. The van der Waals surface area contributed by atoms with Crippen LogP contribution < -0.4 is 5.32 Å². The number of carbonyl (C=O) groups is 3. The van der Waals surface area contributed by atoms with Crippen molar-refractivity contribution in [2.45, 2.75) is 311 Å². The number of carbonyl (C=O) groups excluding carboxylic acids is 2. The van der Waals surface area contributed by atoms with Crippen LogP contribution in [0.2, 0.25) is 0 Å². The molecule has 0 spiro atoms. The monoisotopic (exact) mass is 1290 g/mol. The third kappa shape index (κ3) is 23.7. The highest BCUT2D eigenvalue weighted by Crippen LogP contribution is 2.76. The molecule has 0 heterocycles. The number of carboxylic acid groups (broad SMARTS) is 1. The van der Waals surface area contributed by atoms with Crippen LogP contribution in [-0.2, 0) is 19.1 Å². The van der Waals surface area contributed by atoms with Crippen LogP contribution in [0, 0.1) is 50.2 Å². The van der Waals surface area contributed by atoms with E-state index in [-0.39, 0.29) is 44.5 Å². The summed E-state index contributed by atoms with van der Waals surface area (Å²) in [6.45, 7) is 42.9. The summed E-state index contributed by atoms with van der Waals surface area (Å²) in [7, 11) is 0. The van der Waals surface area contributed by atoms with Crippen LogP contribution in [0.15, 0.2) is 140 Å². The highest BCUT2D eigenvalue weighted by molar-refractivity contribution is 7.99. The number of aliphatic carboxylic acids is 1. The molecule has 5 aliphatic rings. The van der Waals surface area contributed by atoms with E-state index >= 15 is 0 Å². The molecule has 5 aliphatic carbocycles. The van der Waals surface area contributed by atoms with Crippen LogP contribution in [0.25, 0.3) is 0 Å². The first-order chi connectivity index (χ1) is 43.9. The molecule has 1 unspecified atom stereocenters. The molecule has 6 nitrogen and oxygen atoms in total. The van der Waals surface area contributed by atoms with Crippen molar-refractivity contribution >= 4 is 29.6 Å². The van der Waals surface area contributed by atoms with Crippen LogP contribution in [0.3, 0.4) is 0 Å². The van der Waals surface area contributed by atoms with E-state index in [1.54, 1.807) is 5.57 Å². The van der Waals surface area contributed by atoms with Gasteiger partial charge in [0.2, 0.25) is 5.91 Å². The van der Waals surface area contributed by atoms with E-state index in [1.807, 2.05) is 11.8 Å². The zero-order valence-electron chi connectivity index (χ0n) is 62.7. The average molecular weight is 1300 g/mol. The van der Waals surface area contributed by atoms with E-state index in [1.165, 1.54) is 87.8 Å². The molecule has 9 atom stereocenters. The number of allylic oxidation sites excluding steroid dienone is 21. The summed E-state index contributed by atoms with van der Waals surface area (Å²) in [5.74, 6) is 1.75. The molecule has 0 radical (unpaired) electrons. The molecule has 1 amide bonds. The fourth-order valence-electron chi connectivity index (χ4n) is 17.7. The van der Waals surface area contributed by atoms with E-state index in [2.05, 4.69) is 197 Å². The van der Waals surface area contributed by atoms with Crippen molar-refractivity contribution in [1.82, 2.24) is 5.32 Å². The van der Waals surface area contributed by atoms with Crippen LogP contribution in [-0.4, -0.2) is 47.1 Å². The van der Waals surface area contributed by atoms with E-state index in [9.17, 15) is 14.4 Å². The number of ether oxygens (including phenoxy) is 1. The van der Waals surface area contributed by atoms with Crippen molar-refractivity contribution in [3.05, 3.63) is 140 Å². The Bertz CT molecular complexity index is 2880. The Labute approximate surface area is 575 Å². The van der Waals surface area contributed by atoms with Crippen molar-refractivity contribution in [2.75, 3.05) is 18.1 Å². The second-order valence-corrected chi connectivity index (χ2v) is 33.8. The number of rotatable bonds is 36. The minimum absolute atomic E-state index is 0.0704. The number of hydrogen-bond acceptors (Lipinski definition) is 5. The maximum absolute atomic E-state index is 14.3. The standard InChI is InChI=1S/C86H135NO5S/c1-63(2)28-19-29-64(3)30-20-31-65(4)32-21-33-66(5)34-22-35-67(6)36-23-37-68(7)38-24-39-69(8)40-25-41-70(9)42-26-43-71(10)44-27-45-72(11)52-60-93-61-59-87-80(91)83(15)56-55-82(14)57-58-85(17)73(74(82)62-83)46-47-76-84(16)53-51-77(92-79(90)49-48-78(88)89)81(12,13)75(84)50-54-86(76,85)18/h28,30,32,34,36,38,40,42,44,46,48-49,52,74-77H,19-27,29,31,33,35,37,39,41,43,45,47,50-51,53-62H2,1-18H3,(H,87,91)(H,88,89)/b49-48-,64-30?,65-32?,66-34?,67-36?,68-38?,69-40?,70-42?,71-44?,72-52?/t74-,75+,76+,77-,82+,83?,84-,85+,86+/m0/s1. The molecule has 93 heavy (non-hydrogen) atoms. The normalized spacial score (nSPS) is 29.1. The maximum Gasteiger partial charge on any atom is 0.331 e. The molecule has 0 aromatic rings. The summed E-state index contributed by atoms with van der Waals surface area (Å²) >= 11 is 1.92. The van der Waals surface area contributed by atoms with Gasteiger partial charge in [-0.2, -0.15) is 11.8 Å². The lowest BCUT2D eigenvalue weighted by atomic mass is 9.33. The Morgan fingerprint density at radius 3 is 1.37 bits per heavy atom. The molecule has 0 bridgehead atoms. The minimum Gasteiger partial charge on any atom is -0.478 e. The second-order valence-electron chi connectivity index (χ2n) is 32.6. The third-order valence-corrected chi connectivity index (χ3v) is 25.3. The largest absolute Gasteiger partial charge is 0.478 e. The molecule has 0 saturated heterocycles. The first-order valence-electron chi connectivity index (χ1n) is 37.1. The zero-order chi connectivity index (χ0) is 68.6. The summed E-state index contributed by atoms with van der Waals surface area (Å²) in [6.07, 6.45) is 59.8. The van der Waals surface area contributed by atoms with Gasteiger partial charge in [0, 0.05) is 41.0 Å². The maximum atomic E-state index is 14.3. The second kappa shape index (κ2) is 37.4. The average Bonchev–Trinajstić information content (AvgIpc) is 0.681. The Morgan fingerprint density at radius 2 is 0.935 bits per heavy atom. The third-order valence-electron chi connectivity index (χ3n) is 24.4. The number of fused-ring (bicyclic) bond motifs is 7. The molecule has 0 aliphatic heterocycles. The van der Waals surface area contributed by atoms with Gasteiger partial charge in [0.1, 0.15) is 6.10 Å². The Balaban J connectivity index is 0.928. The van der Waals surface area contributed by atoms with Gasteiger partial charge in [0.05, 0.1) is 0 Å². The van der Waals surface area contributed by atoms with Crippen molar-refractivity contribution < 1.29 is 24.2 Å². The van der Waals surface area contributed by atoms with Crippen LogP contribution in [0.4, 0.5) is 0 Å². The number of amides is 1. The molecular weight excluding hydrogens is 1160 g/mol. The molecular formula is C86H135NO5S. The summed E-state index contributed by atoms with van der Waals surface area (Å²) in [4.78, 5) is 38.1. The fourth-order valence-corrected chi connectivity index (χ4v) is 18.5. The van der Waals surface area contributed by atoms with Crippen molar-refractivity contribution in [3.63, 3.8) is 0 Å². The van der Waals surface area contributed by atoms with Crippen LogP contribution >= 0.6 is 11.8 Å². The van der Waals surface area contributed by atoms with Gasteiger partial charge in [-0.15, -0.1) is 0 Å². The van der Waals surface area contributed by atoms with Crippen molar-refractivity contribution in [2.24, 2.45) is 50.2 Å². The number of hydrogen-bond donors (Lipinski definition) is 2. The number of esters is 1. The molecule has 0 aromatic heterocycles. The highest BCUT2D eigenvalue weighted by Gasteiger charge is 2.68. The Morgan fingerprint density at radius 1 is 0.516 bits per heavy atom. The first kappa shape index (κ1) is 79.3. The first-order valence-corrected chi connectivity index (χ1v) is 38.2. The number of nitrogens with one attached hydrogen (secondary N) is 1. The van der Waals surface area contributed by atoms with Gasteiger partial charge in [-0.1, -0.05) is 177 Å². The van der Waals surface area contributed by atoms with Gasteiger partial charge in [0.15, 0.2) is 0 Å². The predicted octanol–water partition coefficient (Wildman–Crippen LogP) is 24.7. The summed E-state index contributed by atoms with van der Waals surface area (Å²) in [6, 6.07) is 0. The van der Waals surface area contributed by atoms with Gasteiger partial charge >= 0.3 is 11.9 Å². The topological polar surface area (TPSA) is 92.7 Å². The Kier molecular flexibility index (Phi) is 31.9. The van der Waals surface area contributed by atoms with Gasteiger partial charge in [-0.3, -0.25) is 4.79 Å². The Hall–Kier alpha value is -4.36. The SMILES string of the molecule is CC(C)=CCCC(C)=CCCC(C)=CCCC(C)=CCCC(C)=CCCC(C)=CCCC(C)=CCCC(C)=CCCC(C)=CCCC(C)=CCSCCNC(=O)C1(C)CC[C@]2(C)CC[C@]3(C)C(=CC[C@@H]4[C@@]5(C)CC[C@H](OC(=O)/C=C\C(=O)O)C(C)(C)[C@H]5CC[C@]43C)[C@@H]2C1. The zero-order valence-corrected chi connectivity index (χ0v) is 63.5. The molecule has 7 heteroatoms. The van der Waals surface area contributed by atoms with Gasteiger partial charge in [-0.05, 0) is 295 Å². The van der Waals surface area contributed by atoms with Crippen molar-refractivity contribution in [1.29, 1.82) is 0 Å². The minimum atomic E-state index is -1.14. The van der Waals surface area contributed by atoms with Gasteiger partial charge in [0.25, 0.3) is 0 Å². The summed E-state index contributed by atoms with van der Waals surface area (Å²) in [5.41, 5.74) is 16.5. The molecule has 4 fully saturated rings. The lowest BCUT2D eigenvalue weighted by molar-refractivity contribution is -0.211. The fraction of sp³-hybridized carbons (Fsp3) is 0.686. The van der Waals surface area contributed by atoms with E-state index in [0.29, 0.717) is 24.3 Å². The summed E-state index contributed by atoms with van der Waals surface area (Å²) < 4.78 is 6.00. The molecule has 0 aromatic carbocycles. The quantitative estimate of drug-likeness (QED) is 0.0281. The van der Waals surface area contributed by atoms with Crippen LogP contribution in [0.5, 0.6) is 0 Å². The van der Waals surface area contributed by atoms with E-state index in [0.717, 1.165) is 171 Å². The summed E-state index contributed by atoms with van der Waals surface area (Å²) in [5, 5.41) is 12.5. The highest BCUT2D eigenvalue weighted by atomic mass is 32.2. The van der Waals surface area contributed by atoms with Gasteiger partial charge < -0.3 is 15.2 Å². The van der Waals surface area contributed by atoms with Gasteiger partial charge in [-0.25, -0.2) is 9.59 Å². The van der Waals surface area contributed by atoms with Crippen LogP contribution in [0.1, 0.15) is 304 Å². The number of carboxylic acids is 1. The number of thioether (sulfide) groups is 1. The molecule has 520 valence electrons. The lowest BCUT2D eigenvalue weighted by Crippen LogP contribution is -2.64. The smallest absolute Gasteiger partial charge is 0.331 e. The molecule has 4 saturated carbocycles. The van der Waals surface area contributed by atoms with E-state index < -0.39 is 11.9 Å². The molecule has 5 rings (SSSR count).